The summed E-state index contributed by atoms with van der Waals surface area (Å²) in [7, 11) is 0. The zero-order valence-corrected chi connectivity index (χ0v) is 16.8. The molecule has 156 valence electrons. The Balaban J connectivity index is 1.80. The van der Waals surface area contributed by atoms with E-state index < -0.39 is 17.5 Å². The highest BCUT2D eigenvalue weighted by molar-refractivity contribution is 6.07. The molecule has 1 unspecified atom stereocenters. The molecule has 3 N–H and O–H groups in total. The molecule has 0 saturated heterocycles. The molecule has 2 heterocycles. The van der Waals surface area contributed by atoms with Gasteiger partial charge in [0.15, 0.2) is 5.54 Å². The van der Waals surface area contributed by atoms with Gasteiger partial charge in [0, 0.05) is 5.39 Å². The normalized spacial score (nSPS) is 16.9. The number of hydrogen-bond acceptors (Lipinski definition) is 4. The van der Waals surface area contributed by atoms with Gasteiger partial charge < -0.3 is 15.5 Å². The fourth-order valence-corrected chi connectivity index (χ4v) is 4.12. The standard InChI is InChI=1S/C26H18N2O4/c29-24(30)21-15-20(16-7-3-1-4-8-16)19-12-11-17-13-14-26(25(31)32,18-9-5-2-6-10-18)28-22(17)23(19)27-21/h1-15,28H,(H,29,30)(H,31,32). The third-order valence-corrected chi connectivity index (χ3v) is 5.72. The highest BCUT2D eigenvalue weighted by Crippen LogP contribution is 2.41. The quantitative estimate of drug-likeness (QED) is 0.427. The smallest absolute Gasteiger partial charge is 0.354 e. The molecule has 1 aliphatic heterocycles. The van der Waals surface area contributed by atoms with Crippen LogP contribution in [0.25, 0.3) is 28.1 Å². The van der Waals surface area contributed by atoms with Crippen molar-refractivity contribution in [2.75, 3.05) is 5.32 Å². The summed E-state index contributed by atoms with van der Waals surface area (Å²) in [6.07, 6.45) is 3.35. The summed E-state index contributed by atoms with van der Waals surface area (Å²) >= 11 is 0. The Labute approximate surface area is 183 Å². The number of aliphatic carboxylic acids is 1. The molecule has 5 rings (SSSR count). The maximum absolute atomic E-state index is 12.5. The first-order valence-corrected chi connectivity index (χ1v) is 10.0. The van der Waals surface area contributed by atoms with E-state index in [1.807, 2.05) is 48.5 Å². The van der Waals surface area contributed by atoms with Crippen LogP contribution in [0.4, 0.5) is 5.69 Å². The van der Waals surface area contributed by atoms with Crippen LogP contribution in [0.3, 0.4) is 0 Å². The molecule has 1 atom stereocenters. The third-order valence-electron chi connectivity index (χ3n) is 5.72. The number of anilines is 1. The SMILES string of the molecule is O=C(O)c1cc(-c2ccccc2)c2ccc3c(c2n1)NC(C(=O)O)(c1ccccc1)C=C3. The number of fused-ring (bicyclic) bond motifs is 3. The van der Waals surface area contributed by atoms with Gasteiger partial charge in [-0.3, -0.25) is 0 Å². The molecule has 6 nitrogen and oxygen atoms in total. The van der Waals surface area contributed by atoms with E-state index in [1.54, 1.807) is 42.5 Å². The van der Waals surface area contributed by atoms with Gasteiger partial charge in [-0.15, -0.1) is 0 Å². The Morgan fingerprint density at radius 2 is 1.56 bits per heavy atom. The summed E-state index contributed by atoms with van der Waals surface area (Å²) in [5, 5.41) is 23.8. The number of rotatable bonds is 4. The molecule has 0 bridgehead atoms. The second kappa shape index (κ2) is 7.35. The molecule has 1 aliphatic rings. The number of benzene rings is 3. The monoisotopic (exact) mass is 422 g/mol. The van der Waals surface area contributed by atoms with Gasteiger partial charge in [0.05, 0.1) is 11.2 Å². The van der Waals surface area contributed by atoms with Gasteiger partial charge >= 0.3 is 11.9 Å². The zero-order chi connectivity index (χ0) is 22.3. The first-order valence-electron chi connectivity index (χ1n) is 10.0. The molecule has 3 aromatic carbocycles. The summed E-state index contributed by atoms with van der Waals surface area (Å²) in [4.78, 5) is 28.7. The van der Waals surface area contributed by atoms with E-state index in [0.717, 1.165) is 16.5 Å². The third kappa shape index (κ3) is 3.01. The van der Waals surface area contributed by atoms with Crippen molar-refractivity contribution in [1.82, 2.24) is 4.98 Å². The number of carboxylic acids is 2. The van der Waals surface area contributed by atoms with Crippen LogP contribution in [0.1, 0.15) is 21.6 Å². The number of nitrogens with zero attached hydrogens (tertiary/aromatic N) is 1. The van der Waals surface area contributed by atoms with E-state index in [-0.39, 0.29) is 5.69 Å². The van der Waals surface area contributed by atoms with Crippen LogP contribution in [0, 0.1) is 0 Å². The molecule has 6 heteroatoms. The molecule has 0 radical (unpaired) electrons. The molecule has 4 aromatic rings. The van der Waals surface area contributed by atoms with Gasteiger partial charge in [-0.05, 0) is 34.4 Å². The number of pyridine rings is 1. The van der Waals surface area contributed by atoms with E-state index in [2.05, 4.69) is 10.3 Å². The topological polar surface area (TPSA) is 99.5 Å². The largest absolute Gasteiger partial charge is 0.479 e. The van der Waals surface area contributed by atoms with Gasteiger partial charge in [-0.2, -0.15) is 0 Å². The first kappa shape index (κ1) is 19.5. The van der Waals surface area contributed by atoms with Crippen molar-refractivity contribution in [3.8, 4) is 11.1 Å². The van der Waals surface area contributed by atoms with Crippen molar-refractivity contribution in [1.29, 1.82) is 0 Å². The number of aromatic carboxylic acids is 1. The number of aromatic nitrogens is 1. The highest BCUT2D eigenvalue weighted by atomic mass is 16.4. The summed E-state index contributed by atoms with van der Waals surface area (Å²) in [6.45, 7) is 0. The van der Waals surface area contributed by atoms with Crippen LogP contribution < -0.4 is 5.32 Å². The molecule has 1 aromatic heterocycles. The minimum Gasteiger partial charge on any atom is -0.479 e. The number of carboxylic acid groups (broad SMARTS) is 2. The Hall–Kier alpha value is -4.45. The molecule has 0 aliphatic carbocycles. The predicted molar refractivity (Wildman–Crippen MR) is 123 cm³/mol. The van der Waals surface area contributed by atoms with Crippen molar-refractivity contribution in [2.24, 2.45) is 0 Å². The average Bonchev–Trinajstić information content (AvgIpc) is 2.83. The van der Waals surface area contributed by atoms with Crippen LogP contribution >= 0.6 is 0 Å². The number of hydrogen-bond donors (Lipinski definition) is 3. The van der Waals surface area contributed by atoms with E-state index >= 15 is 0 Å². The fraction of sp³-hybridized carbons (Fsp3) is 0.0385. The van der Waals surface area contributed by atoms with E-state index in [1.165, 1.54) is 0 Å². The van der Waals surface area contributed by atoms with E-state index in [0.29, 0.717) is 22.3 Å². The maximum Gasteiger partial charge on any atom is 0.354 e. The van der Waals surface area contributed by atoms with Crippen LogP contribution in [-0.4, -0.2) is 27.1 Å². The van der Waals surface area contributed by atoms with Crippen molar-refractivity contribution in [2.45, 2.75) is 5.54 Å². The zero-order valence-electron chi connectivity index (χ0n) is 16.8. The van der Waals surface area contributed by atoms with Crippen LogP contribution in [0.2, 0.25) is 0 Å². The lowest BCUT2D eigenvalue weighted by Gasteiger charge is -2.33. The van der Waals surface area contributed by atoms with Crippen molar-refractivity contribution >= 4 is 34.6 Å². The lowest BCUT2D eigenvalue weighted by Crippen LogP contribution is -2.43. The lowest BCUT2D eigenvalue weighted by atomic mass is 9.85. The Morgan fingerprint density at radius 1 is 0.875 bits per heavy atom. The summed E-state index contributed by atoms with van der Waals surface area (Å²) in [5.74, 6) is -2.22. The minimum absolute atomic E-state index is 0.109. The van der Waals surface area contributed by atoms with Crippen molar-refractivity contribution in [3.05, 3.63) is 102 Å². The van der Waals surface area contributed by atoms with Gasteiger partial charge in [-0.1, -0.05) is 78.9 Å². The van der Waals surface area contributed by atoms with Gasteiger partial charge in [0.25, 0.3) is 0 Å². The van der Waals surface area contributed by atoms with Crippen molar-refractivity contribution < 1.29 is 19.8 Å². The van der Waals surface area contributed by atoms with E-state index in [4.69, 9.17) is 0 Å². The number of carbonyl (C=O) groups is 2. The van der Waals surface area contributed by atoms with Crippen molar-refractivity contribution in [3.63, 3.8) is 0 Å². The molecular formula is C26H18N2O4. The highest BCUT2D eigenvalue weighted by Gasteiger charge is 2.41. The Morgan fingerprint density at radius 3 is 2.22 bits per heavy atom. The summed E-state index contributed by atoms with van der Waals surface area (Å²) in [5.41, 5.74) is 2.14. The minimum atomic E-state index is -1.50. The average molecular weight is 422 g/mol. The van der Waals surface area contributed by atoms with E-state index in [9.17, 15) is 19.8 Å². The van der Waals surface area contributed by atoms with Gasteiger partial charge in [0.1, 0.15) is 5.69 Å². The fourth-order valence-electron chi connectivity index (χ4n) is 4.12. The van der Waals surface area contributed by atoms with Crippen LogP contribution in [0.5, 0.6) is 0 Å². The predicted octanol–water partition coefficient (Wildman–Crippen LogP) is 5.02. The molecule has 0 fully saturated rings. The van der Waals surface area contributed by atoms with Crippen LogP contribution in [0.15, 0.2) is 84.9 Å². The Bertz CT molecular complexity index is 1400. The maximum atomic E-state index is 12.5. The summed E-state index contributed by atoms with van der Waals surface area (Å²) in [6, 6.07) is 23.6. The Kier molecular flexibility index (Phi) is 4.48. The van der Waals surface area contributed by atoms with Crippen LogP contribution in [-0.2, 0) is 10.3 Å². The number of nitrogens with one attached hydrogen (secondary N) is 1. The molecule has 0 amide bonds. The second-order valence-corrected chi connectivity index (χ2v) is 7.59. The molecule has 0 spiro atoms. The molecule has 0 saturated carbocycles. The molecule has 32 heavy (non-hydrogen) atoms. The molecular weight excluding hydrogens is 404 g/mol. The lowest BCUT2D eigenvalue weighted by molar-refractivity contribution is -0.140. The second-order valence-electron chi connectivity index (χ2n) is 7.59. The first-order chi connectivity index (χ1) is 15.5. The summed E-state index contributed by atoms with van der Waals surface area (Å²) < 4.78 is 0. The van der Waals surface area contributed by atoms with Gasteiger partial charge in [-0.25, -0.2) is 14.6 Å². The van der Waals surface area contributed by atoms with Gasteiger partial charge in [0.2, 0.25) is 0 Å².